The van der Waals surface area contributed by atoms with Gasteiger partial charge in [-0.25, -0.2) is 4.39 Å². The fraction of sp³-hybridized carbons (Fsp3) is 0.440. The summed E-state index contributed by atoms with van der Waals surface area (Å²) in [5.74, 6) is -1.32. The minimum atomic E-state index is -0.522. The molecule has 1 heterocycles. The van der Waals surface area contributed by atoms with Gasteiger partial charge < -0.3 is 16.0 Å². The summed E-state index contributed by atoms with van der Waals surface area (Å²) >= 11 is 0. The minimum absolute atomic E-state index is 0.106. The molecule has 31 heavy (non-hydrogen) atoms. The molecule has 2 aromatic carbocycles. The van der Waals surface area contributed by atoms with E-state index < -0.39 is 11.8 Å². The Balaban J connectivity index is 1.75. The van der Waals surface area contributed by atoms with E-state index in [1.165, 1.54) is 6.07 Å². The molecule has 166 valence electrons. The van der Waals surface area contributed by atoms with Crippen molar-refractivity contribution < 1.29 is 14.0 Å². The van der Waals surface area contributed by atoms with Crippen molar-refractivity contribution in [2.24, 2.45) is 11.1 Å². The quantitative estimate of drug-likeness (QED) is 0.706. The summed E-state index contributed by atoms with van der Waals surface area (Å²) in [7, 11) is 0. The Morgan fingerprint density at radius 2 is 1.97 bits per heavy atom. The van der Waals surface area contributed by atoms with Gasteiger partial charge in [-0.3, -0.25) is 9.59 Å². The predicted octanol–water partition coefficient (Wildman–Crippen LogP) is 3.93. The van der Waals surface area contributed by atoms with Crippen LogP contribution >= 0.6 is 0 Å². The normalized spacial score (nSPS) is 14.3. The molecule has 0 aliphatic carbocycles. The lowest BCUT2D eigenvalue weighted by Crippen LogP contribution is -2.38. The van der Waals surface area contributed by atoms with Crippen LogP contribution in [0.1, 0.15) is 60.2 Å². The molecular weight excluding hydrogens is 393 g/mol. The number of carbonyl (C=O) groups is 2. The van der Waals surface area contributed by atoms with Crippen LogP contribution in [0, 0.1) is 18.2 Å². The van der Waals surface area contributed by atoms with Crippen LogP contribution in [0.4, 0.5) is 10.1 Å². The van der Waals surface area contributed by atoms with Crippen molar-refractivity contribution in [2.75, 3.05) is 24.5 Å². The molecule has 0 bridgehead atoms. The van der Waals surface area contributed by atoms with Crippen molar-refractivity contribution in [3.63, 3.8) is 0 Å². The van der Waals surface area contributed by atoms with E-state index in [0.717, 1.165) is 29.8 Å². The lowest BCUT2D eigenvalue weighted by Gasteiger charge is -2.28. The Morgan fingerprint density at radius 1 is 1.23 bits per heavy atom. The Bertz CT molecular complexity index is 981. The second kappa shape index (κ2) is 9.08. The van der Waals surface area contributed by atoms with Crippen LogP contribution in [0.3, 0.4) is 0 Å². The van der Waals surface area contributed by atoms with Gasteiger partial charge >= 0.3 is 0 Å². The molecule has 6 heteroatoms. The van der Waals surface area contributed by atoms with Gasteiger partial charge in [-0.1, -0.05) is 32.9 Å². The van der Waals surface area contributed by atoms with Crippen LogP contribution in [0.2, 0.25) is 0 Å². The zero-order chi connectivity index (χ0) is 22.8. The first-order valence-corrected chi connectivity index (χ1v) is 10.8. The molecule has 0 unspecified atom stereocenters. The largest absolute Gasteiger partial charge is 0.369 e. The molecule has 2 aromatic rings. The maximum Gasteiger partial charge on any atom is 0.249 e. The van der Waals surface area contributed by atoms with Gasteiger partial charge in [0.1, 0.15) is 5.82 Å². The Kier molecular flexibility index (Phi) is 6.68. The predicted molar refractivity (Wildman–Crippen MR) is 122 cm³/mol. The highest BCUT2D eigenvalue weighted by molar-refractivity contribution is 5.97. The molecule has 0 aromatic heterocycles. The Hall–Kier alpha value is -2.89. The van der Waals surface area contributed by atoms with E-state index in [0.29, 0.717) is 30.6 Å². The number of hydrogen-bond donors (Lipinski definition) is 2. The Labute approximate surface area is 183 Å². The van der Waals surface area contributed by atoms with Crippen LogP contribution in [0.25, 0.3) is 0 Å². The molecule has 0 saturated heterocycles. The van der Waals surface area contributed by atoms with Gasteiger partial charge in [-0.05, 0) is 66.1 Å². The third kappa shape index (κ3) is 5.43. The number of nitrogens with zero attached hydrogens (tertiary/aromatic N) is 1. The first kappa shape index (κ1) is 22.8. The smallest absolute Gasteiger partial charge is 0.249 e. The van der Waals surface area contributed by atoms with Gasteiger partial charge in [0.25, 0.3) is 0 Å². The average molecular weight is 426 g/mol. The third-order valence-corrected chi connectivity index (χ3v) is 5.79. The molecular formula is C25H32FN3O2. The second-order valence-electron chi connectivity index (χ2n) is 9.52. The van der Waals surface area contributed by atoms with Gasteiger partial charge in [0.15, 0.2) is 0 Å². The summed E-state index contributed by atoms with van der Waals surface area (Å²) in [4.78, 5) is 27.5. The fourth-order valence-electron chi connectivity index (χ4n) is 4.40. The second-order valence-corrected chi connectivity index (χ2v) is 9.52. The molecule has 5 nitrogen and oxygen atoms in total. The highest BCUT2D eigenvalue weighted by atomic mass is 19.1. The number of aryl methyl sites for hydroxylation is 1. The molecule has 3 rings (SSSR count). The summed E-state index contributed by atoms with van der Waals surface area (Å²) < 4.78 is 13.4. The van der Waals surface area contributed by atoms with Crippen molar-refractivity contribution in [3.05, 3.63) is 64.5 Å². The van der Waals surface area contributed by atoms with Crippen LogP contribution in [-0.4, -0.2) is 31.4 Å². The van der Waals surface area contributed by atoms with Gasteiger partial charge in [0, 0.05) is 30.9 Å². The fourth-order valence-corrected chi connectivity index (χ4v) is 4.40. The van der Waals surface area contributed by atoms with E-state index in [9.17, 15) is 14.0 Å². The maximum atomic E-state index is 13.4. The van der Waals surface area contributed by atoms with Gasteiger partial charge in [0.05, 0.1) is 5.92 Å². The van der Waals surface area contributed by atoms with Crippen LogP contribution in [0.5, 0.6) is 0 Å². The molecule has 3 N–H and O–H groups in total. The number of hydrogen-bond acceptors (Lipinski definition) is 3. The van der Waals surface area contributed by atoms with Crippen LogP contribution in [0.15, 0.2) is 36.4 Å². The summed E-state index contributed by atoms with van der Waals surface area (Å²) in [6.07, 6.45) is 1.40. The van der Waals surface area contributed by atoms with Gasteiger partial charge in [0.2, 0.25) is 11.8 Å². The highest BCUT2D eigenvalue weighted by Gasteiger charge is 2.30. The lowest BCUT2D eigenvalue weighted by molar-refractivity contribution is -0.123. The number of amides is 2. The molecule has 1 aliphatic heterocycles. The van der Waals surface area contributed by atoms with E-state index in [2.05, 4.69) is 31.0 Å². The number of halogens is 1. The summed E-state index contributed by atoms with van der Waals surface area (Å²) in [6, 6.07) is 10.2. The first-order chi connectivity index (χ1) is 14.6. The SMILES string of the molecule is Cc1cccc(C(N)=O)c1[C@H](CC(C)(C)C)C(=O)NCCN1CCc2cc(F)ccc21. The number of carbonyl (C=O) groups excluding carboxylic acids is 2. The van der Waals surface area contributed by atoms with Crippen molar-refractivity contribution in [2.45, 2.75) is 46.5 Å². The van der Waals surface area contributed by atoms with Crippen LogP contribution < -0.4 is 16.0 Å². The number of nitrogens with one attached hydrogen (secondary N) is 1. The summed E-state index contributed by atoms with van der Waals surface area (Å²) in [5, 5.41) is 3.06. The van der Waals surface area contributed by atoms with E-state index in [-0.39, 0.29) is 17.1 Å². The topological polar surface area (TPSA) is 75.4 Å². The molecule has 0 radical (unpaired) electrons. The zero-order valence-electron chi connectivity index (χ0n) is 18.8. The summed E-state index contributed by atoms with van der Waals surface area (Å²) in [5.41, 5.74) is 9.53. The number of benzene rings is 2. The van der Waals surface area contributed by atoms with Crippen molar-refractivity contribution in [1.29, 1.82) is 0 Å². The number of anilines is 1. The molecule has 0 spiro atoms. The van der Waals surface area contributed by atoms with E-state index in [4.69, 9.17) is 5.73 Å². The monoisotopic (exact) mass is 425 g/mol. The minimum Gasteiger partial charge on any atom is -0.369 e. The number of rotatable bonds is 7. The summed E-state index contributed by atoms with van der Waals surface area (Å²) in [6.45, 7) is 10.1. The van der Waals surface area contributed by atoms with E-state index in [1.807, 2.05) is 13.0 Å². The van der Waals surface area contributed by atoms with E-state index >= 15 is 0 Å². The van der Waals surface area contributed by atoms with Crippen molar-refractivity contribution >= 4 is 17.5 Å². The zero-order valence-corrected chi connectivity index (χ0v) is 18.8. The van der Waals surface area contributed by atoms with Crippen molar-refractivity contribution in [1.82, 2.24) is 5.32 Å². The van der Waals surface area contributed by atoms with Crippen molar-refractivity contribution in [3.8, 4) is 0 Å². The number of fused-ring (bicyclic) bond motifs is 1. The van der Waals surface area contributed by atoms with Gasteiger partial charge in [-0.2, -0.15) is 0 Å². The molecule has 0 fully saturated rings. The molecule has 1 aliphatic rings. The highest BCUT2D eigenvalue weighted by Crippen LogP contribution is 2.35. The van der Waals surface area contributed by atoms with E-state index in [1.54, 1.807) is 24.3 Å². The van der Waals surface area contributed by atoms with Gasteiger partial charge in [-0.15, -0.1) is 0 Å². The maximum absolute atomic E-state index is 13.4. The standard InChI is InChI=1S/C25H32FN3O2/c1-16-6-5-7-19(23(27)30)22(16)20(15-25(2,3)4)24(31)28-11-13-29-12-10-17-14-18(26)8-9-21(17)29/h5-9,14,20H,10-13,15H2,1-4H3,(H2,27,30)(H,28,31)/t20-/m0/s1. The average Bonchev–Trinajstić information content (AvgIpc) is 3.07. The molecule has 1 atom stereocenters. The first-order valence-electron chi connectivity index (χ1n) is 10.8. The third-order valence-electron chi connectivity index (χ3n) is 5.79. The molecule has 2 amide bonds. The number of primary amides is 1. The number of nitrogens with two attached hydrogens (primary N) is 1. The lowest BCUT2D eigenvalue weighted by atomic mass is 9.78. The Morgan fingerprint density at radius 3 is 2.65 bits per heavy atom. The molecule has 0 saturated carbocycles. The van der Waals surface area contributed by atoms with Crippen LogP contribution in [-0.2, 0) is 11.2 Å².